The van der Waals surface area contributed by atoms with Crippen LogP contribution in [-0.2, 0) is 11.3 Å². The normalized spacial score (nSPS) is 17.2. The van der Waals surface area contributed by atoms with Gasteiger partial charge in [0.15, 0.2) is 0 Å². The van der Waals surface area contributed by atoms with E-state index >= 15 is 0 Å². The lowest BCUT2D eigenvalue weighted by Gasteiger charge is -2.32. The predicted octanol–water partition coefficient (Wildman–Crippen LogP) is 1.81. The van der Waals surface area contributed by atoms with Crippen LogP contribution in [0.3, 0.4) is 0 Å². The Hall–Kier alpha value is -1.01. The first kappa shape index (κ1) is 16.4. The van der Waals surface area contributed by atoms with Crippen molar-refractivity contribution >= 4 is 18.3 Å². The van der Waals surface area contributed by atoms with Gasteiger partial charge in [-0.3, -0.25) is 4.79 Å². The number of nitrogens with zero attached hydrogens (tertiary/aromatic N) is 3. The van der Waals surface area contributed by atoms with Crippen LogP contribution in [0.5, 0.6) is 0 Å². The standard InChI is InChI=1S/C15H25N3O2S/c1-15(2,11-21)10-18-14(19)8-12(9-16-18)17-6-4-13(20-3)5-7-17/h8-9,13,21H,4-7,10-11H2,1-3H3. The van der Waals surface area contributed by atoms with E-state index in [-0.39, 0.29) is 11.0 Å². The summed E-state index contributed by atoms with van der Waals surface area (Å²) in [5, 5.41) is 4.32. The van der Waals surface area contributed by atoms with Crippen LogP contribution in [-0.4, -0.2) is 41.8 Å². The predicted molar refractivity (Wildman–Crippen MR) is 88.4 cm³/mol. The molecule has 1 aliphatic heterocycles. The molecule has 1 aromatic heterocycles. The van der Waals surface area contributed by atoms with E-state index in [1.165, 1.54) is 4.68 Å². The Bertz CT molecular complexity index is 522. The van der Waals surface area contributed by atoms with Crippen molar-refractivity contribution in [2.45, 2.75) is 39.3 Å². The maximum absolute atomic E-state index is 12.2. The van der Waals surface area contributed by atoms with Gasteiger partial charge in [0.05, 0.1) is 24.5 Å². The zero-order chi connectivity index (χ0) is 15.5. The van der Waals surface area contributed by atoms with Crippen LogP contribution >= 0.6 is 12.6 Å². The smallest absolute Gasteiger partial charge is 0.268 e. The van der Waals surface area contributed by atoms with E-state index in [9.17, 15) is 4.79 Å². The van der Waals surface area contributed by atoms with Crippen molar-refractivity contribution in [3.63, 3.8) is 0 Å². The molecular weight excluding hydrogens is 286 g/mol. The molecule has 0 spiro atoms. The summed E-state index contributed by atoms with van der Waals surface area (Å²) in [6.45, 7) is 6.56. The molecule has 6 heteroatoms. The molecule has 118 valence electrons. The fraction of sp³-hybridized carbons (Fsp3) is 0.733. The van der Waals surface area contributed by atoms with Crippen molar-refractivity contribution in [1.82, 2.24) is 9.78 Å². The van der Waals surface area contributed by atoms with E-state index in [4.69, 9.17) is 4.74 Å². The molecule has 21 heavy (non-hydrogen) atoms. The number of thiol groups is 1. The van der Waals surface area contributed by atoms with Gasteiger partial charge in [0.1, 0.15) is 0 Å². The average molecular weight is 311 g/mol. The van der Waals surface area contributed by atoms with E-state index < -0.39 is 0 Å². The minimum absolute atomic E-state index is 0.0434. The summed E-state index contributed by atoms with van der Waals surface area (Å²) in [7, 11) is 1.76. The molecule has 1 saturated heterocycles. The molecule has 0 N–H and O–H groups in total. The van der Waals surface area contributed by atoms with Crippen LogP contribution in [0.25, 0.3) is 0 Å². The van der Waals surface area contributed by atoms with E-state index in [2.05, 4.69) is 36.5 Å². The SMILES string of the molecule is COC1CCN(c2cnn(CC(C)(C)CS)c(=O)c2)CC1. The summed E-state index contributed by atoms with van der Waals surface area (Å²) in [6.07, 6.45) is 4.12. The molecule has 0 atom stereocenters. The lowest BCUT2D eigenvalue weighted by atomic mass is 9.97. The van der Waals surface area contributed by atoms with Crippen LogP contribution in [0, 0.1) is 5.41 Å². The zero-order valence-corrected chi connectivity index (χ0v) is 14.0. The van der Waals surface area contributed by atoms with Gasteiger partial charge in [0.2, 0.25) is 0 Å². The van der Waals surface area contributed by atoms with Crippen molar-refractivity contribution in [2.75, 3.05) is 30.9 Å². The maximum atomic E-state index is 12.2. The van der Waals surface area contributed by atoms with E-state index in [0.29, 0.717) is 18.4 Å². The first-order chi connectivity index (χ1) is 9.95. The molecule has 2 heterocycles. The largest absolute Gasteiger partial charge is 0.381 e. The third-order valence-corrected chi connectivity index (χ3v) is 4.86. The van der Waals surface area contributed by atoms with Gasteiger partial charge in [-0.25, -0.2) is 4.68 Å². The Morgan fingerprint density at radius 3 is 2.62 bits per heavy atom. The Labute approximate surface area is 131 Å². The highest BCUT2D eigenvalue weighted by atomic mass is 32.1. The monoisotopic (exact) mass is 311 g/mol. The first-order valence-corrected chi connectivity index (χ1v) is 8.04. The molecule has 0 aliphatic carbocycles. The Morgan fingerprint density at radius 1 is 1.43 bits per heavy atom. The summed E-state index contributed by atoms with van der Waals surface area (Å²) in [4.78, 5) is 14.4. The molecule has 0 unspecified atom stereocenters. The van der Waals surface area contributed by atoms with Crippen LogP contribution in [0.1, 0.15) is 26.7 Å². The number of anilines is 1. The number of rotatable bonds is 5. The quantitative estimate of drug-likeness (QED) is 0.843. The second-order valence-corrected chi connectivity index (χ2v) is 6.77. The molecular formula is C15H25N3O2S. The van der Waals surface area contributed by atoms with E-state index in [1.807, 2.05) is 0 Å². The lowest BCUT2D eigenvalue weighted by Crippen LogP contribution is -2.38. The van der Waals surface area contributed by atoms with Crippen LogP contribution in [0.2, 0.25) is 0 Å². The molecule has 1 aliphatic rings. The molecule has 0 amide bonds. The number of ether oxygens (including phenoxy) is 1. The number of piperidine rings is 1. The fourth-order valence-electron chi connectivity index (χ4n) is 2.52. The molecule has 0 saturated carbocycles. The molecule has 1 fully saturated rings. The van der Waals surface area contributed by atoms with Gasteiger partial charge in [-0.05, 0) is 24.0 Å². The van der Waals surface area contributed by atoms with Crippen molar-refractivity contribution in [3.05, 3.63) is 22.6 Å². The lowest BCUT2D eigenvalue weighted by molar-refractivity contribution is 0.0819. The van der Waals surface area contributed by atoms with Crippen LogP contribution in [0.4, 0.5) is 5.69 Å². The maximum Gasteiger partial charge on any atom is 0.268 e. The molecule has 2 rings (SSSR count). The summed E-state index contributed by atoms with van der Waals surface area (Å²) >= 11 is 4.32. The zero-order valence-electron chi connectivity index (χ0n) is 13.1. The first-order valence-electron chi connectivity index (χ1n) is 7.41. The summed E-state index contributed by atoms with van der Waals surface area (Å²) < 4.78 is 6.90. The van der Waals surface area contributed by atoms with Crippen molar-refractivity contribution in [1.29, 1.82) is 0 Å². The molecule has 1 aromatic rings. The summed E-state index contributed by atoms with van der Waals surface area (Å²) in [5.74, 6) is 0.716. The Balaban J connectivity index is 2.08. The third-order valence-electron chi connectivity index (χ3n) is 4.00. The second-order valence-electron chi connectivity index (χ2n) is 6.45. The number of methoxy groups -OCH3 is 1. The van der Waals surface area contributed by atoms with Gasteiger partial charge in [-0.1, -0.05) is 13.8 Å². The Kier molecular flexibility index (Phi) is 5.32. The van der Waals surface area contributed by atoms with Gasteiger partial charge in [0.25, 0.3) is 5.56 Å². The molecule has 5 nitrogen and oxygen atoms in total. The second kappa shape index (κ2) is 6.83. The van der Waals surface area contributed by atoms with Crippen LogP contribution in [0.15, 0.2) is 17.1 Å². The Morgan fingerprint density at radius 2 is 2.10 bits per heavy atom. The van der Waals surface area contributed by atoms with Gasteiger partial charge >= 0.3 is 0 Å². The van der Waals surface area contributed by atoms with Gasteiger partial charge in [-0.15, -0.1) is 0 Å². The fourth-order valence-corrected chi connectivity index (χ4v) is 2.62. The molecule has 0 aromatic carbocycles. The van der Waals surface area contributed by atoms with E-state index in [0.717, 1.165) is 31.6 Å². The highest BCUT2D eigenvalue weighted by Crippen LogP contribution is 2.20. The third kappa shape index (κ3) is 4.23. The highest BCUT2D eigenvalue weighted by Gasteiger charge is 2.21. The van der Waals surface area contributed by atoms with Crippen LogP contribution < -0.4 is 10.5 Å². The van der Waals surface area contributed by atoms with Gasteiger partial charge < -0.3 is 9.64 Å². The van der Waals surface area contributed by atoms with Crippen molar-refractivity contribution in [2.24, 2.45) is 5.41 Å². The molecule has 0 radical (unpaired) electrons. The van der Waals surface area contributed by atoms with Crippen molar-refractivity contribution < 1.29 is 4.74 Å². The van der Waals surface area contributed by atoms with Gasteiger partial charge in [0, 0.05) is 26.3 Å². The number of aromatic nitrogens is 2. The molecule has 0 bridgehead atoms. The topological polar surface area (TPSA) is 47.4 Å². The minimum atomic E-state index is -0.0452. The van der Waals surface area contributed by atoms with Crippen molar-refractivity contribution in [3.8, 4) is 0 Å². The van der Waals surface area contributed by atoms with Gasteiger partial charge in [-0.2, -0.15) is 17.7 Å². The summed E-state index contributed by atoms with van der Waals surface area (Å²) in [6, 6.07) is 1.69. The average Bonchev–Trinajstić information content (AvgIpc) is 2.49. The number of hydrogen-bond donors (Lipinski definition) is 1. The van der Waals surface area contributed by atoms with E-state index in [1.54, 1.807) is 19.4 Å². The number of hydrogen-bond acceptors (Lipinski definition) is 5. The minimum Gasteiger partial charge on any atom is -0.381 e. The highest BCUT2D eigenvalue weighted by molar-refractivity contribution is 7.80. The summed E-state index contributed by atoms with van der Waals surface area (Å²) in [5.41, 5.74) is 0.823.